The van der Waals surface area contributed by atoms with Crippen LogP contribution in [0, 0.1) is 0 Å². The number of hydrogen-bond acceptors (Lipinski definition) is 2. The van der Waals surface area contributed by atoms with Gasteiger partial charge in [0.05, 0.1) is 0 Å². The molecule has 1 heterocycles. The smallest absolute Gasteiger partial charge is 0.236 e. The van der Waals surface area contributed by atoms with Gasteiger partial charge in [-0.15, -0.1) is 0 Å². The monoisotopic (exact) mass is 457 g/mol. The molecule has 0 unspecified atom stereocenters. The summed E-state index contributed by atoms with van der Waals surface area (Å²) in [5.41, 5.74) is 0.992. The first kappa shape index (κ1) is 17.8. The van der Waals surface area contributed by atoms with Crippen molar-refractivity contribution >= 4 is 28.6 Å². The molecular formula is C21H17INOP. The fourth-order valence-electron chi connectivity index (χ4n) is 3.17. The number of benzene rings is 3. The van der Waals surface area contributed by atoms with Gasteiger partial charge >= 0.3 is 0 Å². The molecule has 0 fully saturated rings. The highest BCUT2D eigenvalue weighted by Crippen LogP contribution is 2.53. The number of nitrogens with zero attached hydrogens (tertiary/aromatic N) is 1. The quantitative estimate of drug-likeness (QED) is 0.326. The first-order valence-corrected chi connectivity index (χ1v) is 9.66. The van der Waals surface area contributed by atoms with Crippen LogP contribution in [0.4, 0.5) is 0 Å². The minimum Gasteiger partial charge on any atom is -1.00 e. The van der Waals surface area contributed by atoms with Gasteiger partial charge in [-0.3, -0.25) is 0 Å². The summed E-state index contributed by atoms with van der Waals surface area (Å²) in [6.45, 7) is 0. The first-order valence-electron chi connectivity index (χ1n) is 7.87. The lowest BCUT2D eigenvalue weighted by Crippen LogP contribution is -3.00. The van der Waals surface area contributed by atoms with Gasteiger partial charge in [0, 0.05) is 0 Å². The second-order valence-electron chi connectivity index (χ2n) is 5.52. The van der Waals surface area contributed by atoms with Crippen LogP contribution in [0.5, 0.6) is 0 Å². The molecule has 0 N–H and O–H groups in total. The number of rotatable bonds is 4. The molecule has 0 radical (unpaired) electrons. The molecule has 0 spiro atoms. The van der Waals surface area contributed by atoms with E-state index in [4.69, 9.17) is 4.42 Å². The molecule has 0 amide bonds. The summed E-state index contributed by atoms with van der Waals surface area (Å²) < 4.78 is 5.40. The lowest BCUT2D eigenvalue weighted by molar-refractivity contribution is -0.00000504. The Kier molecular flexibility index (Phi) is 5.67. The van der Waals surface area contributed by atoms with Crippen molar-refractivity contribution in [3.8, 4) is 0 Å². The van der Waals surface area contributed by atoms with Crippen molar-refractivity contribution in [2.75, 3.05) is 0 Å². The van der Waals surface area contributed by atoms with Crippen molar-refractivity contribution in [1.82, 2.24) is 4.98 Å². The minimum absolute atomic E-state index is 0. The molecule has 25 heavy (non-hydrogen) atoms. The molecule has 0 bridgehead atoms. The van der Waals surface area contributed by atoms with E-state index in [-0.39, 0.29) is 24.0 Å². The van der Waals surface area contributed by atoms with Crippen LogP contribution in [0.25, 0.3) is 0 Å². The van der Waals surface area contributed by atoms with E-state index in [0.717, 1.165) is 5.44 Å². The summed E-state index contributed by atoms with van der Waals surface area (Å²) >= 11 is 0. The summed E-state index contributed by atoms with van der Waals surface area (Å²) in [5.74, 6) is 0. The third-order valence-corrected chi connectivity index (χ3v) is 8.32. The normalized spacial score (nSPS) is 10.9. The molecule has 3 aromatic carbocycles. The number of hydrogen-bond donors (Lipinski definition) is 0. The maximum atomic E-state index is 5.40. The summed E-state index contributed by atoms with van der Waals surface area (Å²) in [7, 11) is -2.06. The average molecular weight is 457 g/mol. The highest BCUT2D eigenvalue weighted by Gasteiger charge is 2.50. The molecule has 4 rings (SSSR count). The van der Waals surface area contributed by atoms with Crippen molar-refractivity contribution in [3.63, 3.8) is 0 Å². The predicted octanol–water partition coefficient (Wildman–Crippen LogP) is 0.298. The van der Waals surface area contributed by atoms with E-state index in [2.05, 4.69) is 96.0 Å². The Labute approximate surface area is 165 Å². The Morgan fingerprint density at radius 3 is 1.32 bits per heavy atom. The van der Waals surface area contributed by atoms with Crippen LogP contribution >= 0.6 is 7.26 Å². The van der Waals surface area contributed by atoms with E-state index in [0.29, 0.717) is 0 Å². The Balaban J connectivity index is 0.00000182. The third kappa shape index (κ3) is 3.14. The second kappa shape index (κ2) is 7.94. The Hall–Kier alpha value is -1.97. The highest BCUT2D eigenvalue weighted by atomic mass is 127. The zero-order valence-corrected chi connectivity index (χ0v) is 16.5. The lowest BCUT2D eigenvalue weighted by atomic mass is 10.4. The van der Waals surface area contributed by atoms with Gasteiger partial charge in [0.25, 0.3) is 0 Å². The molecule has 0 aliphatic carbocycles. The van der Waals surface area contributed by atoms with Gasteiger partial charge in [0.15, 0.2) is 19.9 Å². The van der Waals surface area contributed by atoms with Crippen LogP contribution in [0.1, 0.15) is 0 Å². The zero-order valence-electron chi connectivity index (χ0n) is 13.5. The second-order valence-corrected chi connectivity index (χ2v) is 8.87. The van der Waals surface area contributed by atoms with E-state index in [1.807, 2.05) is 0 Å². The van der Waals surface area contributed by atoms with Crippen LogP contribution in [0.3, 0.4) is 0 Å². The van der Waals surface area contributed by atoms with Crippen LogP contribution in [0.15, 0.2) is 108 Å². The number of oxazole rings is 1. The van der Waals surface area contributed by atoms with Crippen LogP contribution < -0.4 is 45.3 Å². The summed E-state index contributed by atoms with van der Waals surface area (Å²) in [6, 6.07) is 31.9. The van der Waals surface area contributed by atoms with Crippen molar-refractivity contribution in [2.24, 2.45) is 0 Å². The van der Waals surface area contributed by atoms with Crippen molar-refractivity contribution in [1.29, 1.82) is 0 Å². The molecule has 0 saturated carbocycles. The third-order valence-electron chi connectivity index (χ3n) is 4.19. The van der Waals surface area contributed by atoms with Gasteiger partial charge in [0.1, 0.15) is 15.9 Å². The minimum atomic E-state index is -2.06. The van der Waals surface area contributed by atoms with Crippen molar-refractivity contribution in [3.05, 3.63) is 104 Å². The molecule has 2 nitrogen and oxygen atoms in total. The van der Waals surface area contributed by atoms with Crippen LogP contribution in [-0.2, 0) is 0 Å². The molecule has 0 atom stereocenters. The Bertz CT molecular complexity index is 800. The van der Waals surface area contributed by atoms with Crippen LogP contribution in [0.2, 0.25) is 0 Å². The van der Waals surface area contributed by atoms with Crippen molar-refractivity contribution < 1.29 is 28.4 Å². The summed E-state index contributed by atoms with van der Waals surface area (Å²) in [5, 5.41) is 3.82. The van der Waals surface area contributed by atoms with Crippen molar-refractivity contribution in [2.45, 2.75) is 0 Å². The summed E-state index contributed by atoms with van der Waals surface area (Å²) in [6.07, 6.45) is 3.32. The largest absolute Gasteiger partial charge is 1.00 e. The van der Waals surface area contributed by atoms with Gasteiger partial charge < -0.3 is 28.4 Å². The molecule has 0 aliphatic rings. The molecule has 4 aromatic rings. The number of halogens is 1. The van der Waals surface area contributed by atoms with E-state index in [1.165, 1.54) is 22.3 Å². The van der Waals surface area contributed by atoms with E-state index >= 15 is 0 Å². The molecule has 4 heteroatoms. The zero-order chi connectivity index (χ0) is 16.2. The fraction of sp³-hybridized carbons (Fsp3) is 0. The highest BCUT2D eigenvalue weighted by molar-refractivity contribution is 8.01. The molecular weight excluding hydrogens is 440 g/mol. The van der Waals surface area contributed by atoms with Crippen LogP contribution in [-0.4, -0.2) is 4.98 Å². The topological polar surface area (TPSA) is 26.0 Å². The lowest BCUT2D eigenvalue weighted by Gasteiger charge is -2.24. The van der Waals surface area contributed by atoms with Gasteiger partial charge in [0.2, 0.25) is 5.44 Å². The van der Waals surface area contributed by atoms with Gasteiger partial charge in [-0.05, 0) is 36.4 Å². The Morgan fingerprint density at radius 2 is 1.00 bits per heavy atom. The van der Waals surface area contributed by atoms with E-state index in [9.17, 15) is 0 Å². The van der Waals surface area contributed by atoms with Gasteiger partial charge in [-0.1, -0.05) is 54.6 Å². The summed E-state index contributed by atoms with van der Waals surface area (Å²) in [4.78, 5) is 4.60. The average Bonchev–Trinajstić information content (AvgIpc) is 3.20. The van der Waals surface area contributed by atoms with E-state index in [1.54, 1.807) is 6.26 Å². The predicted molar refractivity (Wildman–Crippen MR) is 101 cm³/mol. The number of aromatic nitrogens is 1. The maximum Gasteiger partial charge on any atom is 0.236 e. The maximum absolute atomic E-state index is 5.40. The molecule has 0 saturated heterocycles. The first-order chi connectivity index (χ1) is 11.9. The molecule has 1 aromatic heterocycles. The van der Waals surface area contributed by atoms with Gasteiger partial charge in [-0.2, -0.15) is 4.98 Å². The molecule has 0 aliphatic heterocycles. The SMILES string of the molecule is [I-].c1ccc([P+](c2ccccc2)(c2ccccc2)c2cocn2)cc1. The molecule has 124 valence electrons. The van der Waals surface area contributed by atoms with E-state index < -0.39 is 7.26 Å². The van der Waals surface area contributed by atoms with Gasteiger partial charge in [-0.25, -0.2) is 0 Å². The fourth-order valence-corrected chi connectivity index (χ4v) is 7.16. The Morgan fingerprint density at radius 1 is 0.600 bits per heavy atom. The standard InChI is InChI=1S/C21H17NOP.HI/c1-4-10-18(11-5-1)24(21-16-23-17-22-21,19-12-6-2-7-13-19)20-14-8-3-9-15-20;/h1-17H;1H/q+1;/p-1.